The lowest BCUT2D eigenvalue weighted by Crippen LogP contribution is -2.46. The van der Waals surface area contributed by atoms with Crippen LogP contribution < -0.4 is 0 Å². The van der Waals surface area contributed by atoms with Crippen LogP contribution in [0.15, 0.2) is 11.1 Å². The Morgan fingerprint density at radius 2 is 1.88 bits per heavy atom. The van der Waals surface area contributed by atoms with Gasteiger partial charge in [0.25, 0.3) is 0 Å². The maximum absolute atomic E-state index is 10.1. The van der Waals surface area contributed by atoms with Gasteiger partial charge in [-0.05, 0) is 42.6 Å². The van der Waals surface area contributed by atoms with Gasteiger partial charge in [0.05, 0.1) is 12.7 Å². The van der Waals surface area contributed by atoms with Crippen molar-refractivity contribution in [2.45, 2.75) is 64.5 Å². The SMILES string of the molecule is CC1=C(CO)C[C@@H](O[Si](C)(C)C(C)(C)C)[C@@H]1O. The molecular weight excluding hydrogens is 232 g/mol. The van der Waals surface area contributed by atoms with E-state index < -0.39 is 14.4 Å². The van der Waals surface area contributed by atoms with Crippen molar-refractivity contribution in [3.05, 3.63) is 11.1 Å². The van der Waals surface area contributed by atoms with Crippen molar-refractivity contribution in [3.63, 3.8) is 0 Å². The minimum absolute atomic E-state index is 0.0280. The van der Waals surface area contributed by atoms with E-state index in [1.54, 1.807) is 0 Å². The molecule has 0 aromatic heterocycles. The van der Waals surface area contributed by atoms with Gasteiger partial charge in [0.2, 0.25) is 0 Å². The lowest BCUT2D eigenvalue weighted by molar-refractivity contribution is 0.0623. The third-order valence-electron chi connectivity index (χ3n) is 4.24. The first kappa shape index (κ1) is 14.9. The van der Waals surface area contributed by atoms with Gasteiger partial charge in [-0.1, -0.05) is 20.8 Å². The van der Waals surface area contributed by atoms with Crippen LogP contribution in [-0.4, -0.2) is 37.3 Å². The van der Waals surface area contributed by atoms with Crippen molar-refractivity contribution in [2.24, 2.45) is 0 Å². The van der Waals surface area contributed by atoms with Crippen LogP contribution in [0.3, 0.4) is 0 Å². The molecule has 0 saturated carbocycles. The summed E-state index contributed by atoms with van der Waals surface area (Å²) in [5.41, 5.74) is 1.82. The zero-order valence-corrected chi connectivity index (χ0v) is 12.9. The zero-order chi connectivity index (χ0) is 13.4. The van der Waals surface area contributed by atoms with Gasteiger partial charge in [0.1, 0.15) is 6.10 Å². The molecule has 1 aliphatic carbocycles. The molecule has 0 heterocycles. The smallest absolute Gasteiger partial charge is 0.192 e. The molecule has 2 N–H and O–H groups in total. The third kappa shape index (κ3) is 2.99. The molecule has 0 radical (unpaired) electrons. The van der Waals surface area contributed by atoms with E-state index in [1.807, 2.05) is 6.92 Å². The van der Waals surface area contributed by atoms with Crippen LogP contribution in [0, 0.1) is 0 Å². The summed E-state index contributed by atoms with van der Waals surface area (Å²) in [6.07, 6.45) is -0.0555. The molecule has 0 unspecified atom stereocenters. The van der Waals surface area contributed by atoms with Gasteiger partial charge in [-0.15, -0.1) is 0 Å². The maximum Gasteiger partial charge on any atom is 0.192 e. The molecule has 0 aromatic carbocycles. The topological polar surface area (TPSA) is 49.7 Å². The van der Waals surface area contributed by atoms with E-state index in [2.05, 4.69) is 33.9 Å². The highest BCUT2D eigenvalue weighted by Crippen LogP contribution is 2.40. The molecule has 2 atom stereocenters. The van der Waals surface area contributed by atoms with E-state index in [4.69, 9.17) is 4.43 Å². The summed E-state index contributed by atoms with van der Waals surface area (Å²) in [4.78, 5) is 0. The number of hydrogen-bond acceptors (Lipinski definition) is 3. The Labute approximate surface area is 106 Å². The fourth-order valence-corrected chi connectivity index (χ4v) is 3.18. The standard InChI is InChI=1S/C13H26O3Si/c1-9-10(8-14)7-11(12(9)15)16-17(5,6)13(2,3)4/h11-12,14-15H,7-8H2,1-6H3/t11-,12-/m1/s1. The summed E-state index contributed by atoms with van der Waals surface area (Å²) in [5.74, 6) is 0. The molecule has 17 heavy (non-hydrogen) atoms. The quantitative estimate of drug-likeness (QED) is 0.604. The van der Waals surface area contributed by atoms with Crippen molar-refractivity contribution in [2.75, 3.05) is 6.61 Å². The monoisotopic (exact) mass is 258 g/mol. The normalized spacial score (nSPS) is 26.8. The Morgan fingerprint density at radius 1 is 1.35 bits per heavy atom. The molecule has 0 bridgehead atoms. The van der Waals surface area contributed by atoms with Gasteiger partial charge in [0, 0.05) is 0 Å². The van der Waals surface area contributed by atoms with E-state index in [9.17, 15) is 10.2 Å². The second-order valence-corrected chi connectivity index (χ2v) is 11.3. The molecule has 0 amide bonds. The van der Waals surface area contributed by atoms with Gasteiger partial charge in [-0.2, -0.15) is 0 Å². The van der Waals surface area contributed by atoms with E-state index in [0.29, 0.717) is 6.42 Å². The van der Waals surface area contributed by atoms with Gasteiger partial charge >= 0.3 is 0 Å². The predicted octanol–water partition coefficient (Wildman–Crippen LogP) is 2.45. The minimum Gasteiger partial charge on any atom is -0.411 e. The lowest BCUT2D eigenvalue weighted by atomic mass is 10.2. The fourth-order valence-electron chi connectivity index (χ4n) is 1.85. The molecule has 0 aliphatic heterocycles. The van der Waals surface area contributed by atoms with Gasteiger partial charge in [-0.3, -0.25) is 0 Å². The third-order valence-corrected chi connectivity index (χ3v) is 8.75. The van der Waals surface area contributed by atoms with Crippen molar-refractivity contribution >= 4 is 8.32 Å². The number of hydrogen-bond donors (Lipinski definition) is 2. The van der Waals surface area contributed by atoms with Crippen LogP contribution in [0.5, 0.6) is 0 Å². The predicted molar refractivity (Wildman–Crippen MR) is 72.5 cm³/mol. The fraction of sp³-hybridized carbons (Fsp3) is 0.846. The first-order valence-corrected chi connectivity index (χ1v) is 9.16. The first-order valence-electron chi connectivity index (χ1n) is 6.25. The Kier molecular flexibility index (Phi) is 4.24. The molecule has 1 aliphatic rings. The average molecular weight is 258 g/mol. The molecule has 3 nitrogen and oxygen atoms in total. The van der Waals surface area contributed by atoms with E-state index in [0.717, 1.165) is 11.1 Å². The molecule has 4 heteroatoms. The van der Waals surface area contributed by atoms with Crippen LogP contribution in [0.4, 0.5) is 0 Å². The van der Waals surface area contributed by atoms with Crippen molar-refractivity contribution in [1.29, 1.82) is 0 Å². The number of rotatable bonds is 3. The van der Waals surface area contributed by atoms with Gasteiger partial charge in [0.15, 0.2) is 8.32 Å². The molecule has 100 valence electrons. The highest BCUT2D eigenvalue weighted by Gasteiger charge is 2.42. The van der Waals surface area contributed by atoms with Crippen LogP contribution in [-0.2, 0) is 4.43 Å². The Balaban J connectivity index is 2.75. The largest absolute Gasteiger partial charge is 0.411 e. The van der Waals surface area contributed by atoms with Gasteiger partial charge in [-0.25, -0.2) is 0 Å². The number of aliphatic hydroxyl groups is 2. The summed E-state index contributed by atoms with van der Waals surface area (Å²) in [5, 5.41) is 19.5. The molecular formula is C13H26O3Si. The van der Waals surface area contributed by atoms with Crippen molar-refractivity contribution < 1.29 is 14.6 Å². The molecule has 0 saturated heterocycles. The van der Waals surface area contributed by atoms with Crippen LogP contribution in [0.1, 0.15) is 34.1 Å². The number of aliphatic hydroxyl groups excluding tert-OH is 2. The van der Waals surface area contributed by atoms with E-state index in [1.165, 1.54) is 0 Å². The lowest BCUT2D eigenvalue weighted by Gasteiger charge is -2.39. The van der Waals surface area contributed by atoms with Crippen LogP contribution in [0.25, 0.3) is 0 Å². The van der Waals surface area contributed by atoms with Crippen LogP contribution >= 0.6 is 0 Å². The highest BCUT2D eigenvalue weighted by molar-refractivity contribution is 6.74. The summed E-state index contributed by atoms with van der Waals surface area (Å²) in [7, 11) is -1.85. The first-order chi connectivity index (χ1) is 7.60. The molecule has 0 aromatic rings. The molecule has 0 fully saturated rings. The summed E-state index contributed by atoms with van der Waals surface area (Å²) < 4.78 is 6.21. The van der Waals surface area contributed by atoms with Gasteiger partial charge < -0.3 is 14.6 Å². The average Bonchev–Trinajstić information content (AvgIpc) is 2.43. The molecule has 0 spiro atoms. The second-order valence-electron chi connectivity index (χ2n) is 6.51. The summed E-state index contributed by atoms with van der Waals surface area (Å²) >= 11 is 0. The minimum atomic E-state index is -1.85. The highest BCUT2D eigenvalue weighted by atomic mass is 28.4. The van der Waals surface area contributed by atoms with E-state index >= 15 is 0 Å². The zero-order valence-electron chi connectivity index (χ0n) is 11.9. The Hall–Kier alpha value is -0.163. The second kappa shape index (κ2) is 4.84. The van der Waals surface area contributed by atoms with Crippen LogP contribution in [0.2, 0.25) is 18.1 Å². The summed E-state index contributed by atoms with van der Waals surface area (Å²) in [6, 6.07) is 0. The molecule has 1 rings (SSSR count). The maximum atomic E-state index is 10.1. The van der Waals surface area contributed by atoms with E-state index in [-0.39, 0.29) is 17.7 Å². The van der Waals surface area contributed by atoms with Crippen molar-refractivity contribution in [1.82, 2.24) is 0 Å². The summed E-state index contributed by atoms with van der Waals surface area (Å²) in [6.45, 7) is 12.8. The Morgan fingerprint density at radius 3 is 2.24 bits per heavy atom. The van der Waals surface area contributed by atoms with Crippen molar-refractivity contribution in [3.8, 4) is 0 Å². The Bertz CT molecular complexity index is 315.